The fraction of sp³-hybridized carbons (Fsp3) is 0.273. The minimum Gasteiger partial charge on any atom is -0.491 e. The van der Waals surface area contributed by atoms with Crippen LogP contribution >= 0.6 is 0 Å². The Kier molecular flexibility index (Phi) is 4.12. The third kappa shape index (κ3) is 4.46. The third-order valence-corrected chi connectivity index (χ3v) is 1.72. The van der Waals surface area contributed by atoms with Crippen LogP contribution in [0.5, 0.6) is 5.75 Å². The SMILES string of the molecule is [CH2]C(O)COc1ccc(CC(=O)O)cc1. The Labute approximate surface area is 88.1 Å². The predicted molar refractivity (Wildman–Crippen MR) is 54.6 cm³/mol. The summed E-state index contributed by atoms with van der Waals surface area (Å²) >= 11 is 0. The highest BCUT2D eigenvalue weighted by molar-refractivity contribution is 5.70. The Morgan fingerprint density at radius 1 is 1.40 bits per heavy atom. The van der Waals surface area contributed by atoms with E-state index in [9.17, 15) is 4.79 Å². The molecule has 1 rings (SSSR count). The molecule has 1 aromatic carbocycles. The minimum absolute atomic E-state index is 0.00175. The van der Waals surface area contributed by atoms with Crippen LogP contribution in [0.25, 0.3) is 0 Å². The summed E-state index contributed by atoms with van der Waals surface area (Å²) in [4.78, 5) is 10.4. The number of carbonyl (C=O) groups is 1. The molecule has 2 N–H and O–H groups in total. The van der Waals surface area contributed by atoms with Crippen LogP contribution < -0.4 is 4.74 Å². The second kappa shape index (κ2) is 5.36. The first kappa shape index (κ1) is 11.5. The van der Waals surface area contributed by atoms with Crippen molar-refractivity contribution in [3.8, 4) is 5.75 Å². The zero-order valence-corrected chi connectivity index (χ0v) is 8.22. The lowest BCUT2D eigenvalue weighted by atomic mass is 10.1. The van der Waals surface area contributed by atoms with E-state index >= 15 is 0 Å². The van der Waals surface area contributed by atoms with Crippen molar-refractivity contribution in [1.29, 1.82) is 0 Å². The Bertz CT molecular complexity index is 316. The molecule has 15 heavy (non-hydrogen) atoms. The second-order valence-electron chi connectivity index (χ2n) is 3.18. The number of rotatable bonds is 5. The first-order valence-electron chi connectivity index (χ1n) is 4.52. The number of carboxylic acids is 1. The maximum Gasteiger partial charge on any atom is 0.307 e. The molecule has 0 spiro atoms. The van der Waals surface area contributed by atoms with Gasteiger partial charge in [-0.3, -0.25) is 4.79 Å². The summed E-state index contributed by atoms with van der Waals surface area (Å²) in [6, 6.07) is 6.69. The molecule has 0 amide bonds. The Morgan fingerprint density at radius 3 is 2.47 bits per heavy atom. The molecule has 4 heteroatoms. The van der Waals surface area contributed by atoms with Crippen molar-refractivity contribution in [2.75, 3.05) is 6.61 Å². The smallest absolute Gasteiger partial charge is 0.307 e. The minimum atomic E-state index is -0.864. The number of aliphatic carboxylic acids is 1. The Morgan fingerprint density at radius 2 is 2.00 bits per heavy atom. The number of hydrogen-bond donors (Lipinski definition) is 2. The van der Waals surface area contributed by atoms with Crippen LogP contribution in [-0.2, 0) is 11.2 Å². The van der Waals surface area contributed by atoms with E-state index in [0.29, 0.717) is 11.3 Å². The molecule has 0 heterocycles. The van der Waals surface area contributed by atoms with Gasteiger partial charge >= 0.3 is 5.97 Å². The number of ether oxygens (including phenoxy) is 1. The average Bonchev–Trinajstić information content (AvgIpc) is 2.16. The normalized spacial score (nSPS) is 12.1. The van der Waals surface area contributed by atoms with Crippen molar-refractivity contribution in [3.05, 3.63) is 36.8 Å². The van der Waals surface area contributed by atoms with Gasteiger partial charge in [-0.05, 0) is 24.6 Å². The molecule has 1 atom stereocenters. The maximum absolute atomic E-state index is 10.4. The van der Waals surface area contributed by atoms with Crippen LogP contribution in [0.2, 0.25) is 0 Å². The van der Waals surface area contributed by atoms with Gasteiger partial charge in [0, 0.05) is 0 Å². The summed E-state index contributed by atoms with van der Waals surface area (Å²) < 4.78 is 5.17. The van der Waals surface area contributed by atoms with Crippen LogP contribution in [0.4, 0.5) is 0 Å². The first-order valence-corrected chi connectivity index (χ1v) is 4.52. The molecule has 81 valence electrons. The van der Waals surface area contributed by atoms with Gasteiger partial charge < -0.3 is 14.9 Å². The number of hydrogen-bond acceptors (Lipinski definition) is 3. The van der Waals surface area contributed by atoms with Crippen molar-refractivity contribution >= 4 is 5.97 Å². The molecule has 0 fully saturated rings. The van der Waals surface area contributed by atoms with Gasteiger partial charge in [-0.1, -0.05) is 12.1 Å². The highest BCUT2D eigenvalue weighted by atomic mass is 16.5. The van der Waals surface area contributed by atoms with Crippen LogP contribution in [0.1, 0.15) is 5.56 Å². The van der Waals surface area contributed by atoms with Gasteiger partial charge in [0.2, 0.25) is 0 Å². The lowest BCUT2D eigenvalue weighted by Gasteiger charge is -2.08. The zero-order chi connectivity index (χ0) is 11.3. The van der Waals surface area contributed by atoms with Crippen LogP contribution in [0, 0.1) is 6.92 Å². The fourth-order valence-electron chi connectivity index (χ4n) is 1.07. The number of aliphatic hydroxyl groups is 1. The molecular weight excluding hydrogens is 196 g/mol. The van der Waals surface area contributed by atoms with E-state index in [-0.39, 0.29) is 13.0 Å². The lowest BCUT2D eigenvalue weighted by Crippen LogP contribution is -2.13. The van der Waals surface area contributed by atoms with E-state index in [1.54, 1.807) is 24.3 Å². The highest BCUT2D eigenvalue weighted by Gasteiger charge is 2.01. The highest BCUT2D eigenvalue weighted by Crippen LogP contribution is 2.12. The summed E-state index contributed by atoms with van der Waals surface area (Å²) in [5, 5.41) is 17.4. The van der Waals surface area contributed by atoms with E-state index < -0.39 is 12.1 Å². The van der Waals surface area contributed by atoms with Gasteiger partial charge in [0.05, 0.1) is 12.5 Å². The molecule has 4 nitrogen and oxygen atoms in total. The van der Waals surface area contributed by atoms with E-state index in [2.05, 4.69) is 6.92 Å². The van der Waals surface area contributed by atoms with Gasteiger partial charge in [-0.15, -0.1) is 0 Å². The van der Waals surface area contributed by atoms with Crippen LogP contribution in [0.15, 0.2) is 24.3 Å². The third-order valence-electron chi connectivity index (χ3n) is 1.72. The Hall–Kier alpha value is -1.55. The van der Waals surface area contributed by atoms with Gasteiger partial charge in [-0.2, -0.15) is 0 Å². The summed E-state index contributed by atoms with van der Waals surface area (Å²) in [6.45, 7) is 3.49. The maximum atomic E-state index is 10.4. The predicted octanol–water partition coefficient (Wildman–Crippen LogP) is 0.887. The van der Waals surface area contributed by atoms with Crippen LogP contribution in [0.3, 0.4) is 0 Å². The number of carboxylic acid groups (broad SMARTS) is 1. The molecule has 0 aliphatic carbocycles. The van der Waals surface area contributed by atoms with Crippen molar-refractivity contribution in [1.82, 2.24) is 0 Å². The molecule has 0 saturated carbocycles. The summed E-state index contributed by atoms with van der Waals surface area (Å²) in [5.41, 5.74) is 0.713. The summed E-state index contributed by atoms with van der Waals surface area (Å²) in [7, 11) is 0. The first-order chi connectivity index (χ1) is 7.08. The topological polar surface area (TPSA) is 66.8 Å². The molecule has 0 aliphatic rings. The van der Waals surface area contributed by atoms with E-state index in [4.69, 9.17) is 14.9 Å². The van der Waals surface area contributed by atoms with Gasteiger partial charge in [-0.25, -0.2) is 0 Å². The van der Waals surface area contributed by atoms with Gasteiger partial charge in [0.15, 0.2) is 0 Å². The zero-order valence-electron chi connectivity index (χ0n) is 8.22. The monoisotopic (exact) mass is 209 g/mol. The number of benzene rings is 1. The number of aliphatic hydroxyl groups excluding tert-OH is 1. The van der Waals surface area contributed by atoms with Gasteiger partial charge in [0.1, 0.15) is 12.4 Å². The molecule has 1 radical (unpaired) electrons. The van der Waals surface area contributed by atoms with Crippen LogP contribution in [-0.4, -0.2) is 28.9 Å². The van der Waals surface area contributed by atoms with Crippen molar-refractivity contribution in [2.24, 2.45) is 0 Å². The van der Waals surface area contributed by atoms with E-state index in [1.165, 1.54) is 0 Å². The molecular formula is C11H13O4. The van der Waals surface area contributed by atoms with E-state index in [1.807, 2.05) is 0 Å². The second-order valence-corrected chi connectivity index (χ2v) is 3.18. The largest absolute Gasteiger partial charge is 0.491 e. The van der Waals surface area contributed by atoms with Crippen molar-refractivity contribution in [2.45, 2.75) is 12.5 Å². The molecule has 0 saturated heterocycles. The van der Waals surface area contributed by atoms with Crippen molar-refractivity contribution < 1.29 is 19.7 Å². The summed E-state index contributed by atoms with van der Waals surface area (Å²) in [5.74, 6) is -0.274. The van der Waals surface area contributed by atoms with Crippen molar-refractivity contribution in [3.63, 3.8) is 0 Å². The molecule has 0 bridgehead atoms. The molecule has 1 unspecified atom stereocenters. The molecule has 0 aromatic heterocycles. The Balaban J connectivity index is 2.52. The van der Waals surface area contributed by atoms with E-state index in [0.717, 1.165) is 0 Å². The van der Waals surface area contributed by atoms with Gasteiger partial charge in [0.25, 0.3) is 0 Å². The standard InChI is InChI=1S/C11H13O4/c1-8(12)7-15-10-4-2-9(3-5-10)6-11(13)14/h2-5,8,12H,1,6-7H2,(H,13,14). The lowest BCUT2D eigenvalue weighted by molar-refractivity contribution is -0.136. The summed E-state index contributed by atoms with van der Waals surface area (Å²) in [6.07, 6.45) is -0.762. The molecule has 0 aliphatic heterocycles. The quantitative estimate of drug-likeness (QED) is 0.755. The average molecular weight is 209 g/mol. The fourth-order valence-corrected chi connectivity index (χ4v) is 1.07. The molecule has 1 aromatic rings.